The molecule has 0 rings (SSSR count). The Labute approximate surface area is 287 Å². The van der Waals surface area contributed by atoms with E-state index in [9.17, 15) is 0 Å². The van der Waals surface area contributed by atoms with Crippen molar-refractivity contribution in [3.63, 3.8) is 0 Å². The van der Waals surface area contributed by atoms with Gasteiger partial charge in [-0.1, -0.05) is 13.0 Å². The van der Waals surface area contributed by atoms with E-state index >= 15 is 0 Å². The van der Waals surface area contributed by atoms with Gasteiger partial charge in [-0.25, -0.2) is 0 Å². The number of rotatable bonds is 8. The molecule has 0 aromatic rings. The Morgan fingerprint density at radius 2 is 1.05 bits per heavy atom. The summed E-state index contributed by atoms with van der Waals surface area (Å²) in [6, 6.07) is 0. The van der Waals surface area contributed by atoms with Gasteiger partial charge in [0.1, 0.15) is 0 Å². The van der Waals surface area contributed by atoms with Gasteiger partial charge in [-0.2, -0.15) is 0 Å². The molecule has 0 bridgehead atoms. The van der Waals surface area contributed by atoms with Crippen molar-refractivity contribution in [1.29, 1.82) is 0 Å². The molecule has 0 unspecified atom stereocenters. The summed E-state index contributed by atoms with van der Waals surface area (Å²) in [6.07, 6.45) is 0. The van der Waals surface area contributed by atoms with E-state index in [0.717, 1.165) is 13.1 Å². The largest absolute Gasteiger partial charge is 1.00 e. The molecular formula is C8H13K3N4S6. The van der Waals surface area contributed by atoms with E-state index in [1.54, 1.807) is 0 Å². The standard InChI is InChI=1S/C8H16N4S6.3K/c13-6(14)9-1-3-12(5-11-8(17)18)4-2-10-7(15)16;;;/h1-5H2,(H2,9,13,14)(H2,10,15,16)(H2,11,17,18);;;/q;3*+1/p-3. The topological polar surface area (TPSA) is 39.3 Å². The van der Waals surface area contributed by atoms with Gasteiger partial charge in [-0.05, 0) is 0 Å². The Hall–Kier alpha value is 5.20. The van der Waals surface area contributed by atoms with Crippen LogP contribution in [0, 0.1) is 0 Å². The first-order valence-corrected chi connectivity index (χ1v) is 7.43. The van der Waals surface area contributed by atoms with Gasteiger partial charge in [-0.15, -0.1) is 0 Å². The summed E-state index contributed by atoms with van der Waals surface area (Å²) in [5, 5.41) is 8.75. The summed E-state index contributed by atoms with van der Waals surface area (Å²) in [6.45, 7) is 3.43. The van der Waals surface area contributed by atoms with Crippen molar-refractivity contribution in [3.8, 4) is 0 Å². The molecule has 0 radical (unpaired) electrons. The summed E-state index contributed by atoms with van der Waals surface area (Å²) in [7, 11) is 0. The minimum Gasteiger partial charge on any atom is -0.412 e. The summed E-state index contributed by atoms with van der Waals surface area (Å²) in [5.41, 5.74) is 0. The molecule has 3 N–H and O–H groups in total. The average Bonchev–Trinajstić information content (AvgIpc) is 2.24. The fraction of sp³-hybridized carbons (Fsp3) is 0.625. The van der Waals surface area contributed by atoms with Crippen molar-refractivity contribution in [1.82, 2.24) is 20.9 Å². The van der Waals surface area contributed by atoms with Gasteiger partial charge in [0.25, 0.3) is 0 Å². The third-order valence-corrected chi connectivity index (χ3v) is 2.71. The van der Waals surface area contributed by atoms with E-state index in [1.165, 1.54) is 0 Å². The van der Waals surface area contributed by atoms with Crippen molar-refractivity contribution in [2.45, 2.75) is 0 Å². The smallest absolute Gasteiger partial charge is 0.412 e. The third-order valence-electron chi connectivity index (χ3n) is 1.84. The molecule has 104 valence electrons. The summed E-state index contributed by atoms with van der Waals surface area (Å²) in [4.78, 5) is 2.10. The van der Waals surface area contributed by atoms with Crippen LogP contribution in [0.3, 0.4) is 0 Å². The molecule has 4 nitrogen and oxygen atoms in total. The van der Waals surface area contributed by atoms with Crippen molar-refractivity contribution in [2.24, 2.45) is 0 Å². The van der Waals surface area contributed by atoms with E-state index in [1.807, 2.05) is 0 Å². The van der Waals surface area contributed by atoms with Crippen LogP contribution < -0.4 is 170 Å². The summed E-state index contributed by atoms with van der Waals surface area (Å²) >= 11 is 28.6. The number of hydrogen-bond donors (Lipinski definition) is 3. The van der Waals surface area contributed by atoms with Gasteiger partial charge >= 0.3 is 154 Å². The van der Waals surface area contributed by atoms with Gasteiger partial charge in [0.15, 0.2) is 0 Å². The van der Waals surface area contributed by atoms with Gasteiger partial charge in [-0.3, -0.25) is 4.90 Å². The molecule has 0 spiro atoms. The maximum atomic E-state index is 4.79. The van der Waals surface area contributed by atoms with Crippen LogP contribution in [-0.4, -0.2) is 50.7 Å². The number of thiocarbonyl (C=S) groups is 3. The SMILES string of the molecule is S=C([S-])NCCN(CCNC(=S)[S-])CNC(=S)[S-].[K+].[K+].[K+]. The van der Waals surface area contributed by atoms with E-state index in [0.29, 0.717) is 32.7 Å². The summed E-state index contributed by atoms with van der Waals surface area (Å²) in [5.74, 6) is 0. The Morgan fingerprint density at radius 1 is 0.714 bits per heavy atom. The van der Waals surface area contributed by atoms with Gasteiger partial charge in [0.05, 0.1) is 6.67 Å². The molecule has 0 fully saturated rings. The zero-order valence-corrected chi connectivity index (χ0v) is 26.7. The van der Waals surface area contributed by atoms with Crippen molar-refractivity contribution in [2.75, 3.05) is 32.8 Å². The fourth-order valence-corrected chi connectivity index (χ4v) is 1.62. The molecule has 0 saturated carbocycles. The van der Waals surface area contributed by atoms with Crippen LogP contribution in [0.2, 0.25) is 0 Å². The third kappa shape index (κ3) is 27.5. The predicted molar refractivity (Wildman–Crippen MR) is 95.5 cm³/mol. The molecule has 0 heterocycles. The van der Waals surface area contributed by atoms with Crippen LogP contribution >= 0.6 is 36.7 Å². The molecule has 0 aliphatic rings. The molecule has 0 amide bonds. The first-order chi connectivity index (χ1) is 8.41. The number of nitrogens with one attached hydrogen (secondary N) is 3. The Kier molecular flexibility index (Phi) is 37.4. The Morgan fingerprint density at radius 3 is 1.33 bits per heavy atom. The molecular weight excluding hydrogens is 462 g/mol. The second kappa shape index (κ2) is 23.2. The van der Waals surface area contributed by atoms with Crippen molar-refractivity contribution >= 4 is 87.5 Å². The molecule has 0 aromatic heterocycles. The van der Waals surface area contributed by atoms with Gasteiger partial charge in [0.2, 0.25) is 0 Å². The molecule has 0 atom stereocenters. The van der Waals surface area contributed by atoms with Crippen LogP contribution in [0.4, 0.5) is 0 Å². The molecule has 0 aromatic carbocycles. The van der Waals surface area contributed by atoms with Crippen molar-refractivity contribution in [3.05, 3.63) is 0 Å². The zero-order valence-electron chi connectivity index (χ0n) is 12.4. The quantitative estimate of drug-likeness (QED) is 0.137. The molecule has 0 aliphatic carbocycles. The minimum absolute atomic E-state index is 0. The zero-order chi connectivity index (χ0) is 14.0. The number of nitrogens with zero attached hydrogens (tertiary/aromatic N) is 1. The van der Waals surface area contributed by atoms with E-state index in [-0.39, 0.29) is 154 Å². The van der Waals surface area contributed by atoms with Crippen molar-refractivity contribution < 1.29 is 154 Å². The summed E-state index contributed by atoms with van der Waals surface area (Å²) < 4.78 is 1.08. The van der Waals surface area contributed by atoms with Crippen LogP contribution in [0.1, 0.15) is 0 Å². The molecule has 13 heteroatoms. The maximum absolute atomic E-state index is 4.79. The van der Waals surface area contributed by atoms with Gasteiger partial charge in [0, 0.05) is 26.2 Å². The maximum Gasteiger partial charge on any atom is 1.00 e. The first kappa shape index (κ1) is 33.8. The normalized spacial score (nSPS) is 8.43. The van der Waals surface area contributed by atoms with Crippen LogP contribution in [0.25, 0.3) is 0 Å². The molecule has 0 saturated heterocycles. The monoisotopic (exact) mass is 474 g/mol. The predicted octanol–water partition coefficient (Wildman–Crippen LogP) is -9.48. The molecule has 0 aliphatic heterocycles. The number of hydrogen-bond acceptors (Lipinski definition) is 7. The van der Waals surface area contributed by atoms with E-state index in [2.05, 4.69) is 20.9 Å². The Bertz CT molecular complexity index is 290. The second-order valence-electron chi connectivity index (χ2n) is 3.17. The Balaban J connectivity index is -0.000000482. The first-order valence-electron chi connectivity index (χ1n) is 4.98. The molecule has 21 heavy (non-hydrogen) atoms. The van der Waals surface area contributed by atoms with E-state index in [4.69, 9.17) is 74.5 Å². The second-order valence-corrected chi connectivity index (χ2v) is 6.39. The minimum atomic E-state index is 0. The van der Waals surface area contributed by atoms with Crippen LogP contribution in [0.15, 0.2) is 0 Å². The van der Waals surface area contributed by atoms with Gasteiger partial charge < -0.3 is 90.5 Å². The average molecular weight is 475 g/mol. The fourth-order valence-electron chi connectivity index (χ4n) is 1.08. The van der Waals surface area contributed by atoms with E-state index < -0.39 is 0 Å². The van der Waals surface area contributed by atoms with Crippen LogP contribution in [-0.2, 0) is 37.9 Å². The van der Waals surface area contributed by atoms with Crippen LogP contribution in [0.5, 0.6) is 0 Å².